The Morgan fingerprint density at radius 2 is 2.15 bits per heavy atom. The molecule has 76 valence electrons. The second kappa shape index (κ2) is 3.58. The Labute approximate surface area is 81.7 Å². The summed E-state index contributed by atoms with van der Waals surface area (Å²) in [5.41, 5.74) is 0.535. The Hall–Kier alpha value is -0.0800. The normalized spacial score (nSPS) is 27.9. The van der Waals surface area contributed by atoms with Crippen molar-refractivity contribution in [1.29, 1.82) is 0 Å². The molecule has 0 amide bonds. The summed E-state index contributed by atoms with van der Waals surface area (Å²) in [6.45, 7) is 9.66. The van der Waals surface area contributed by atoms with E-state index in [0.29, 0.717) is 5.54 Å². The molecule has 0 aromatic heterocycles. The Balaban J connectivity index is 1.85. The summed E-state index contributed by atoms with van der Waals surface area (Å²) in [6, 6.07) is 0. The molecule has 0 aromatic carbocycles. The van der Waals surface area contributed by atoms with Crippen LogP contribution in [0.3, 0.4) is 0 Å². The fraction of sp³-hybridized carbons (Fsp3) is 1.00. The van der Waals surface area contributed by atoms with Crippen molar-refractivity contribution in [1.82, 2.24) is 10.2 Å². The average molecular weight is 182 g/mol. The van der Waals surface area contributed by atoms with Crippen LogP contribution in [0.4, 0.5) is 0 Å². The zero-order valence-corrected chi connectivity index (χ0v) is 8.97. The highest BCUT2D eigenvalue weighted by molar-refractivity contribution is 5.00. The Morgan fingerprint density at radius 3 is 2.69 bits per heavy atom. The molecule has 1 heterocycles. The van der Waals surface area contributed by atoms with Crippen LogP contribution < -0.4 is 5.32 Å². The minimum atomic E-state index is 0.535. The maximum Gasteiger partial charge on any atom is 0.0309 e. The third-order valence-corrected chi connectivity index (χ3v) is 3.39. The maximum absolute atomic E-state index is 3.69. The fourth-order valence-corrected chi connectivity index (χ4v) is 2.65. The lowest BCUT2D eigenvalue weighted by Crippen LogP contribution is -2.64. The second-order valence-corrected chi connectivity index (χ2v) is 5.19. The molecule has 0 bridgehead atoms. The van der Waals surface area contributed by atoms with Crippen LogP contribution in [0.25, 0.3) is 0 Å². The highest BCUT2D eigenvalue weighted by Crippen LogP contribution is 2.34. The average Bonchev–Trinajstić information content (AvgIpc) is 2.01. The quantitative estimate of drug-likeness (QED) is 0.695. The van der Waals surface area contributed by atoms with E-state index in [2.05, 4.69) is 24.1 Å². The smallest absolute Gasteiger partial charge is 0.0309 e. The van der Waals surface area contributed by atoms with Crippen molar-refractivity contribution in [3.63, 3.8) is 0 Å². The number of nitrogens with zero attached hydrogens (tertiary/aromatic N) is 1. The summed E-state index contributed by atoms with van der Waals surface area (Å²) in [7, 11) is 0. The molecule has 0 aromatic rings. The van der Waals surface area contributed by atoms with Crippen molar-refractivity contribution in [3.05, 3.63) is 0 Å². The van der Waals surface area contributed by atoms with E-state index >= 15 is 0 Å². The van der Waals surface area contributed by atoms with Crippen molar-refractivity contribution in [2.45, 2.75) is 38.6 Å². The van der Waals surface area contributed by atoms with E-state index in [1.165, 1.54) is 45.4 Å². The van der Waals surface area contributed by atoms with Crippen LogP contribution in [0.5, 0.6) is 0 Å². The monoisotopic (exact) mass is 182 g/mol. The zero-order valence-electron chi connectivity index (χ0n) is 8.97. The highest BCUT2D eigenvalue weighted by Gasteiger charge is 2.40. The highest BCUT2D eigenvalue weighted by atomic mass is 15.2. The van der Waals surface area contributed by atoms with Crippen LogP contribution in [0.2, 0.25) is 0 Å². The van der Waals surface area contributed by atoms with E-state index < -0.39 is 0 Å². The first-order valence-corrected chi connectivity index (χ1v) is 5.68. The van der Waals surface area contributed by atoms with Gasteiger partial charge in [0.1, 0.15) is 0 Å². The Bertz CT molecular complexity index is 173. The van der Waals surface area contributed by atoms with Gasteiger partial charge < -0.3 is 5.32 Å². The SMILES string of the molecule is CC(C)CN1CCNC2(CCC2)C1. The number of rotatable bonds is 2. The predicted molar refractivity (Wildman–Crippen MR) is 55.9 cm³/mol. The van der Waals surface area contributed by atoms with Gasteiger partial charge in [-0.15, -0.1) is 0 Å². The lowest BCUT2D eigenvalue weighted by Gasteiger charge is -2.50. The molecule has 13 heavy (non-hydrogen) atoms. The third-order valence-electron chi connectivity index (χ3n) is 3.39. The zero-order chi connectivity index (χ0) is 9.31. The second-order valence-electron chi connectivity index (χ2n) is 5.19. The molecular weight excluding hydrogens is 160 g/mol. The molecule has 2 heteroatoms. The first-order valence-electron chi connectivity index (χ1n) is 5.68. The van der Waals surface area contributed by atoms with Gasteiger partial charge in [0.15, 0.2) is 0 Å². The molecule has 2 aliphatic rings. The van der Waals surface area contributed by atoms with Crippen LogP contribution in [0.15, 0.2) is 0 Å². The van der Waals surface area contributed by atoms with E-state index in [1.807, 2.05) is 0 Å². The third kappa shape index (κ3) is 2.05. The number of hydrogen-bond acceptors (Lipinski definition) is 2. The molecule has 0 atom stereocenters. The van der Waals surface area contributed by atoms with Crippen LogP contribution in [0.1, 0.15) is 33.1 Å². The lowest BCUT2D eigenvalue weighted by atomic mass is 9.75. The van der Waals surface area contributed by atoms with Gasteiger partial charge in [-0.25, -0.2) is 0 Å². The van der Waals surface area contributed by atoms with Crippen molar-refractivity contribution < 1.29 is 0 Å². The van der Waals surface area contributed by atoms with Crippen LogP contribution >= 0.6 is 0 Å². The summed E-state index contributed by atoms with van der Waals surface area (Å²) < 4.78 is 0. The van der Waals surface area contributed by atoms with Gasteiger partial charge in [-0.05, 0) is 25.2 Å². The van der Waals surface area contributed by atoms with Gasteiger partial charge in [-0.1, -0.05) is 13.8 Å². The molecule has 1 spiro atoms. The summed E-state index contributed by atoms with van der Waals surface area (Å²) in [5.74, 6) is 0.815. The predicted octanol–water partition coefficient (Wildman–Crippen LogP) is 1.47. The summed E-state index contributed by atoms with van der Waals surface area (Å²) in [6.07, 6.45) is 4.24. The summed E-state index contributed by atoms with van der Waals surface area (Å²) in [4.78, 5) is 2.64. The van der Waals surface area contributed by atoms with E-state index in [1.54, 1.807) is 0 Å². The number of nitrogens with one attached hydrogen (secondary N) is 1. The lowest BCUT2D eigenvalue weighted by molar-refractivity contribution is 0.0645. The molecule has 1 saturated heterocycles. The molecule has 1 aliphatic carbocycles. The molecule has 0 unspecified atom stereocenters. The van der Waals surface area contributed by atoms with E-state index in [9.17, 15) is 0 Å². The van der Waals surface area contributed by atoms with Gasteiger partial charge in [-0.2, -0.15) is 0 Å². The van der Waals surface area contributed by atoms with Gasteiger partial charge in [0.2, 0.25) is 0 Å². The van der Waals surface area contributed by atoms with E-state index in [-0.39, 0.29) is 0 Å². The summed E-state index contributed by atoms with van der Waals surface area (Å²) in [5, 5.41) is 3.69. The molecule has 2 nitrogen and oxygen atoms in total. The van der Waals surface area contributed by atoms with Gasteiger partial charge in [0.25, 0.3) is 0 Å². The first kappa shape index (κ1) is 9.47. The molecule has 2 rings (SSSR count). The van der Waals surface area contributed by atoms with E-state index in [0.717, 1.165) is 5.92 Å². The number of piperazine rings is 1. The standard InChI is InChI=1S/C11H22N2/c1-10(2)8-13-7-6-12-11(9-13)4-3-5-11/h10,12H,3-9H2,1-2H3. The molecule has 1 aliphatic heterocycles. The Kier molecular flexibility index (Phi) is 2.61. The largest absolute Gasteiger partial charge is 0.309 e. The van der Waals surface area contributed by atoms with E-state index in [4.69, 9.17) is 0 Å². The molecule has 1 saturated carbocycles. The topological polar surface area (TPSA) is 15.3 Å². The van der Waals surface area contributed by atoms with Crippen molar-refractivity contribution in [3.8, 4) is 0 Å². The maximum atomic E-state index is 3.69. The van der Waals surface area contributed by atoms with Crippen molar-refractivity contribution in [2.75, 3.05) is 26.2 Å². The van der Waals surface area contributed by atoms with Crippen LogP contribution in [-0.4, -0.2) is 36.6 Å². The first-order chi connectivity index (χ1) is 6.20. The van der Waals surface area contributed by atoms with Crippen LogP contribution in [0, 0.1) is 5.92 Å². The summed E-state index contributed by atoms with van der Waals surface area (Å²) >= 11 is 0. The molecular formula is C11H22N2. The molecule has 0 radical (unpaired) electrons. The molecule has 1 N–H and O–H groups in total. The van der Waals surface area contributed by atoms with Crippen LogP contribution in [-0.2, 0) is 0 Å². The van der Waals surface area contributed by atoms with Crippen molar-refractivity contribution >= 4 is 0 Å². The Morgan fingerprint density at radius 1 is 1.38 bits per heavy atom. The van der Waals surface area contributed by atoms with Gasteiger partial charge >= 0.3 is 0 Å². The fourth-order valence-electron chi connectivity index (χ4n) is 2.65. The minimum absolute atomic E-state index is 0.535. The minimum Gasteiger partial charge on any atom is -0.309 e. The van der Waals surface area contributed by atoms with Gasteiger partial charge in [-0.3, -0.25) is 4.90 Å². The van der Waals surface area contributed by atoms with Gasteiger partial charge in [0.05, 0.1) is 0 Å². The number of hydrogen-bond donors (Lipinski definition) is 1. The van der Waals surface area contributed by atoms with Gasteiger partial charge in [0, 0.05) is 31.7 Å². The molecule has 2 fully saturated rings. The van der Waals surface area contributed by atoms with Crippen molar-refractivity contribution in [2.24, 2.45) is 5.92 Å².